The molecule has 0 bridgehead atoms. The number of rotatable bonds is 2. The Morgan fingerprint density at radius 3 is 2.21 bits per heavy atom. The first-order chi connectivity index (χ1) is 16.3. The third kappa shape index (κ3) is 2.83. The van der Waals surface area contributed by atoms with Crippen LogP contribution in [-0.4, -0.2) is 9.97 Å². The van der Waals surface area contributed by atoms with Crippen molar-refractivity contribution in [2.75, 3.05) is 0 Å². The van der Waals surface area contributed by atoms with Crippen LogP contribution in [0.4, 0.5) is 0 Å². The molecule has 0 radical (unpaired) electrons. The van der Waals surface area contributed by atoms with E-state index < -0.39 is 0 Å². The molecule has 33 heavy (non-hydrogen) atoms. The van der Waals surface area contributed by atoms with Crippen molar-refractivity contribution in [2.45, 2.75) is 0 Å². The third-order valence-corrected chi connectivity index (χ3v) is 6.27. The number of furan rings is 1. The molecule has 0 aliphatic heterocycles. The van der Waals surface area contributed by atoms with Gasteiger partial charge in [-0.3, -0.25) is 0 Å². The highest BCUT2D eigenvalue weighted by Crippen LogP contribution is 2.36. The minimum atomic E-state index is 0.728. The van der Waals surface area contributed by atoms with Crippen molar-refractivity contribution in [1.82, 2.24) is 9.97 Å². The minimum Gasteiger partial charge on any atom is -0.456 e. The molecular formula is C30H18N2O. The highest BCUT2D eigenvalue weighted by Gasteiger charge is 2.14. The van der Waals surface area contributed by atoms with Crippen LogP contribution < -0.4 is 0 Å². The van der Waals surface area contributed by atoms with Gasteiger partial charge < -0.3 is 4.42 Å². The van der Waals surface area contributed by atoms with Gasteiger partial charge in [0.15, 0.2) is 5.82 Å². The Morgan fingerprint density at radius 2 is 1.30 bits per heavy atom. The quantitative estimate of drug-likeness (QED) is 0.283. The average Bonchev–Trinajstić information content (AvgIpc) is 3.27. The van der Waals surface area contributed by atoms with Crippen molar-refractivity contribution >= 4 is 43.6 Å². The number of nitrogens with zero attached hydrogens (tertiary/aromatic N) is 2. The van der Waals surface area contributed by atoms with Gasteiger partial charge in [0.05, 0.1) is 11.2 Å². The van der Waals surface area contributed by atoms with E-state index in [4.69, 9.17) is 14.4 Å². The van der Waals surface area contributed by atoms with Gasteiger partial charge in [-0.15, -0.1) is 0 Å². The lowest BCUT2D eigenvalue weighted by Gasteiger charge is -2.10. The predicted octanol–water partition coefficient (Wildman–Crippen LogP) is 8.02. The Bertz CT molecular complexity index is 1820. The van der Waals surface area contributed by atoms with Crippen LogP contribution in [0, 0.1) is 0 Å². The second kappa shape index (κ2) is 7.01. The van der Waals surface area contributed by atoms with E-state index in [0.29, 0.717) is 0 Å². The Hall–Kier alpha value is -4.50. The van der Waals surface area contributed by atoms with Crippen molar-refractivity contribution in [3.63, 3.8) is 0 Å². The smallest absolute Gasteiger partial charge is 0.160 e. The number of fused-ring (bicyclic) bond motifs is 6. The van der Waals surface area contributed by atoms with Crippen LogP contribution in [0.2, 0.25) is 0 Å². The van der Waals surface area contributed by atoms with Gasteiger partial charge >= 0.3 is 0 Å². The molecule has 0 atom stereocenters. The van der Waals surface area contributed by atoms with Gasteiger partial charge in [-0.1, -0.05) is 84.9 Å². The maximum absolute atomic E-state index is 6.06. The third-order valence-electron chi connectivity index (χ3n) is 6.27. The van der Waals surface area contributed by atoms with Crippen molar-refractivity contribution in [3.8, 4) is 22.6 Å². The van der Waals surface area contributed by atoms with Crippen LogP contribution in [0.15, 0.2) is 114 Å². The molecule has 0 aliphatic rings. The molecule has 3 nitrogen and oxygen atoms in total. The summed E-state index contributed by atoms with van der Waals surface area (Å²) in [7, 11) is 0. The van der Waals surface area contributed by atoms with E-state index in [1.54, 1.807) is 0 Å². The second-order valence-electron chi connectivity index (χ2n) is 8.25. The van der Waals surface area contributed by atoms with Crippen LogP contribution in [0.3, 0.4) is 0 Å². The molecule has 0 N–H and O–H groups in total. The van der Waals surface area contributed by atoms with Crippen LogP contribution in [0.1, 0.15) is 0 Å². The summed E-state index contributed by atoms with van der Waals surface area (Å²) in [6, 6.07) is 37.3. The van der Waals surface area contributed by atoms with Crippen LogP contribution in [0.5, 0.6) is 0 Å². The lowest BCUT2D eigenvalue weighted by Crippen LogP contribution is -1.95. The number of hydrogen-bond acceptors (Lipinski definition) is 3. The first kappa shape index (κ1) is 18.1. The van der Waals surface area contributed by atoms with Crippen LogP contribution in [0.25, 0.3) is 66.3 Å². The maximum Gasteiger partial charge on any atom is 0.160 e. The Morgan fingerprint density at radius 1 is 0.515 bits per heavy atom. The monoisotopic (exact) mass is 422 g/mol. The van der Waals surface area contributed by atoms with Gasteiger partial charge in [-0.05, 0) is 35.0 Å². The molecule has 0 aliphatic carbocycles. The largest absolute Gasteiger partial charge is 0.456 e. The van der Waals surface area contributed by atoms with Crippen molar-refractivity contribution < 1.29 is 4.42 Å². The SMILES string of the molecule is c1ccc(-c2nc(-c3ccc4c(ccc5oc6ccccc6c54)c3)nc3ccccc23)cc1. The minimum absolute atomic E-state index is 0.728. The molecule has 0 unspecified atom stereocenters. The van der Waals surface area contributed by atoms with Gasteiger partial charge in [0.2, 0.25) is 0 Å². The van der Waals surface area contributed by atoms with Crippen LogP contribution in [-0.2, 0) is 0 Å². The van der Waals surface area contributed by atoms with Crippen molar-refractivity contribution in [3.05, 3.63) is 109 Å². The molecule has 0 amide bonds. The molecule has 2 heterocycles. The molecule has 3 heteroatoms. The standard InChI is InChI=1S/C30H18N2O/c1-2-8-19(9-3-1)29-23-10-4-6-12-25(23)31-30(32-29)21-14-16-22-20(18-21)15-17-27-28(22)24-11-5-7-13-26(24)33-27/h1-18H. The molecule has 7 rings (SSSR count). The van der Waals surface area contributed by atoms with Gasteiger partial charge in [0, 0.05) is 27.3 Å². The normalized spacial score (nSPS) is 11.6. The molecule has 154 valence electrons. The lowest BCUT2D eigenvalue weighted by atomic mass is 10.0. The van der Waals surface area contributed by atoms with Crippen molar-refractivity contribution in [2.24, 2.45) is 0 Å². The average molecular weight is 422 g/mol. The van der Waals surface area contributed by atoms with E-state index >= 15 is 0 Å². The summed E-state index contributed by atoms with van der Waals surface area (Å²) in [5.41, 5.74) is 5.80. The zero-order chi connectivity index (χ0) is 21.8. The Balaban J connectivity index is 1.47. The summed E-state index contributed by atoms with van der Waals surface area (Å²) in [5, 5.41) is 5.66. The van der Waals surface area contributed by atoms with E-state index in [1.165, 1.54) is 5.39 Å². The maximum atomic E-state index is 6.06. The summed E-state index contributed by atoms with van der Waals surface area (Å²) in [5.74, 6) is 0.728. The summed E-state index contributed by atoms with van der Waals surface area (Å²) in [4.78, 5) is 9.93. The molecular weight excluding hydrogens is 404 g/mol. The van der Waals surface area contributed by atoms with E-state index in [9.17, 15) is 0 Å². The highest BCUT2D eigenvalue weighted by molar-refractivity contribution is 6.19. The topological polar surface area (TPSA) is 38.9 Å². The van der Waals surface area contributed by atoms with Gasteiger partial charge in [-0.25, -0.2) is 9.97 Å². The molecule has 0 saturated heterocycles. The molecule has 2 aromatic heterocycles. The molecule has 7 aromatic rings. The number of para-hydroxylation sites is 2. The van der Waals surface area contributed by atoms with Gasteiger partial charge in [0.25, 0.3) is 0 Å². The molecule has 0 fully saturated rings. The summed E-state index contributed by atoms with van der Waals surface area (Å²) in [6.45, 7) is 0. The van der Waals surface area contributed by atoms with Gasteiger partial charge in [0.1, 0.15) is 11.2 Å². The predicted molar refractivity (Wildman–Crippen MR) is 135 cm³/mol. The van der Waals surface area contributed by atoms with E-state index in [2.05, 4.69) is 66.7 Å². The highest BCUT2D eigenvalue weighted by atomic mass is 16.3. The second-order valence-corrected chi connectivity index (χ2v) is 8.25. The first-order valence-corrected chi connectivity index (χ1v) is 11.0. The van der Waals surface area contributed by atoms with E-state index in [-0.39, 0.29) is 0 Å². The number of hydrogen-bond donors (Lipinski definition) is 0. The summed E-state index contributed by atoms with van der Waals surface area (Å²) in [6.07, 6.45) is 0. The summed E-state index contributed by atoms with van der Waals surface area (Å²) >= 11 is 0. The fourth-order valence-electron chi connectivity index (χ4n) is 4.71. The van der Waals surface area contributed by atoms with Crippen molar-refractivity contribution in [1.29, 1.82) is 0 Å². The fourth-order valence-corrected chi connectivity index (χ4v) is 4.71. The zero-order valence-electron chi connectivity index (χ0n) is 17.7. The lowest BCUT2D eigenvalue weighted by molar-refractivity contribution is 0.669. The first-order valence-electron chi connectivity index (χ1n) is 11.0. The fraction of sp³-hybridized carbons (Fsp3) is 0. The van der Waals surface area contributed by atoms with E-state index in [0.717, 1.165) is 60.9 Å². The number of aromatic nitrogens is 2. The molecule has 5 aromatic carbocycles. The zero-order valence-corrected chi connectivity index (χ0v) is 17.7. The Labute approximate surface area is 190 Å². The van der Waals surface area contributed by atoms with Gasteiger partial charge in [-0.2, -0.15) is 0 Å². The summed E-state index contributed by atoms with van der Waals surface area (Å²) < 4.78 is 6.06. The Kier molecular flexibility index (Phi) is 3.84. The number of benzene rings is 5. The molecule has 0 spiro atoms. The van der Waals surface area contributed by atoms with Crippen LogP contribution >= 0.6 is 0 Å². The van der Waals surface area contributed by atoms with E-state index in [1.807, 2.05) is 42.5 Å². The molecule has 0 saturated carbocycles.